The van der Waals surface area contributed by atoms with E-state index < -0.39 is 16.1 Å². The van der Waals surface area contributed by atoms with Crippen molar-refractivity contribution in [3.8, 4) is 6.07 Å². The second-order valence-electron chi connectivity index (χ2n) is 8.20. The van der Waals surface area contributed by atoms with Gasteiger partial charge in [0.1, 0.15) is 11.2 Å². The van der Waals surface area contributed by atoms with Crippen molar-refractivity contribution in [1.82, 2.24) is 19.0 Å². The molecule has 11 heteroatoms. The van der Waals surface area contributed by atoms with Crippen LogP contribution in [0, 0.1) is 18.3 Å². The van der Waals surface area contributed by atoms with E-state index in [9.17, 15) is 18.5 Å². The van der Waals surface area contributed by atoms with Gasteiger partial charge in [0, 0.05) is 18.0 Å². The van der Waals surface area contributed by atoms with Gasteiger partial charge in [-0.25, -0.2) is 8.42 Å². The number of hydrogen-bond donors (Lipinski definition) is 0. The number of benzene rings is 2. The third kappa shape index (κ3) is 4.91. The second kappa shape index (κ2) is 10.6. The lowest BCUT2D eigenvalue weighted by atomic mass is 10.1. The van der Waals surface area contributed by atoms with Gasteiger partial charge in [0.25, 0.3) is 11.3 Å². The van der Waals surface area contributed by atoms with Crippen LogP contribution in [0.2, 0.25) is 5.02 Å². The number of aromatic nitrogens is 3. The molecule has 0 amide bonds. The summed E-state index contributed by atoms with van der Waals surface area (Å²) in [5.41, 5.74) is 0.911. The Balaban J connectivity index is 1.93. The number of nitriles is 1. The molecule has 9 nitrogen and oxygen atoms in total. The quantitative estimate of drug-likeness (QED) is 0.316. The van der Waals surface area contributed by atoms with Gasteiger partial charge in [-0.15, -0.1) is 0 Å². The van der Waals surface area contributed by atoms with E-state index in [-0.39, 0.29) is 53.3 Å². The fraction of sp³-hybridized carbons (Fsp3) is 0.280. The van der Waals surface area contributed by atoms with Crippen LogP contribution in [-0.4, -0.2) is 34.0 Å². The van der Waals surface area contributed by atoms with Crippen LogP contribution in [0.25, 0.3) is 11.1 Å². The number of hydrogen-bond acceptors (Lipinski definition) is 7. The monoisotopic (exact) mass is 525 g/mol. The largest absolute Gasteiger partial charge is 0.335 e. The number of halogens is 1. The van der Waals surface area contributed by atoms with Gasteiger partial charge >= 0.3 is 0 Å². The maximum absolute atomic E-state index is 13.8. The van der Waals surface area contributed by atoms with Crippen molar-refractivity contribution >= 4 is 32.7 Å². The summed E-state index contributed by atoms with van der Waals surface area (Å²) in [5, 5.41) is 13.8. The summed E-state index contributed by atoms with van der Waals surface area (Å²) in [5.74, 6) is 0.213. The van der Waals surface area contributed by atoms with Crippen molar-refractivity contribution < 1.29 is 12.9 Å². The van der Waals surface area contributed by atoms with Gasteiger partial charge in [-0.3, -0.25) is 9.36 Å². The molecule has 0 aliphatic heterocycles. The molecule has 0 aliphatic rings. The van der Waals surface area contributed by atoms with Crippen LogP contribution in [0.1, 0.15) is 42.9 Å². The average Bonchev–Trinajstić information content (AvgIpc) is 3.25. The summed E-state index contributed by atoms with van der Waals surface area (Å²) >= 11 is 5.97. The van der Waals surface area contributed by atoms with Crippen LogP contribution in [0.5, 0.6) is 0 Å². The van der Waals surface area contributed by atoms with Crippen molar-refractivity contribution in [2.45, 2.75) is 44.2 Å². The Morgan fingerprint density at radius 1 is 1.17 bits per heavy atom. The molecule has 0 N–H and O–H groups in total. The first-order chi connectivity index (χ1) is 17.3. The summed E-state index contributed by atoms with van der Waals surface area (Å²) in [6.45, 7) is 3.54. The Morgan fingerprint density at radius 2 is 1.86 bits per heavy atom. The van der Waals surface area contributed by atoms with Crippen molar-refractivity contribution in [1.29, 1.82) is 5.26 Å². The van der Waals surface area contributed by atoms with Gasteiger partial charge in [0.2, 0.25) is 10.0 Å². The molecule has 2 aromatic heterocycles. The van der Waals surface area contributed by atoms with Gasteiger partial charge in [-0.1, -0.05) is 54.0 Å². The van der Waals surface area contributed by atoms with Crippen LogP contribution >= 0.6 is 11.6 Å². The summed E-state index contributed by atoms with van der Waals surface area (Å²) in [4.78, 5) is 18.3. The molecule has 2 aromatic carbocycles. The molecule has 1 atom stereocenters. The minimum absolute atomic E-state index is 0.0248. The van der Waals surface area contributed by atoms with Gasteiger partial charge in [0.05, 0.1) is 29.2 Å². The normalized spacial score (nSPS) is 12.6. The Bertz CT molecular complexity index is 1580. The Kier molecular flexibility index (Phi) is 7.54. The van der Waals surface area contributed by atoms with E-state index in [0.717, 1.165) is 5.56 Å². The highest BCUT2D eigenvalue weighted by Gasteiger charge is 2.35. The standard InChI is InChI=1S/C25H24ClN5O4S/c1-3-21(31(15-7-14-27)36(33,34)20-12-10-19(26)11-13-20)23-28-24-22(17(2)29-35-24)25(32)30(23)16-18-8-5-4-6-9-18/h4-6,8-13,21H,3,7,15-16H2,1-2H3. The summed E-state index contributed by atoms with van der Waals surface area (Å²) < 4.78 is 35.5. The molecule has 2 heterocycles. The van der Waals surface area contributed by atoms with Crippen LogP contribution < -0.4 is 5.56 Å². The van der Waals surface area contributed by atoms with Crippen LogP contribution in [0.4, 0.5) is 0 Å². The molecule has 4 aromatic rings. The Labute approximate surface area is 213 Å². The van der Waals surface area contributed by atoms with Crippen LogP contribution in [-0.2, 0) is 16.6 Å². The lowest BCUT2D eigenvalue weighted by Gasteiger charge is -2.30. The number of rotatable bonds is 9. The van der Waals surface area contributed by atoms with Gasteiger partial charge in [-0.2, -0.15) is 14.6 Å². The zero-order chi connectivity index (χ0) is 25.9. The van der Waals surface area contributed by atoms with E-state index in [2.05, 4.69) is 10.1 Å². The zero-order valence-corrected chi connectivity index (χ0v) is 21.3. The van der Waals surface area contributed by atoms with Crippen molar-refractivity contribution in [3.63, 3.8) is 0 Å². The minimum atomic E-state index is -4.08. The first-order valence-corrected chi connectivity index (χ1v) is 13.1. The van der Waals surface area contributed by atoms with Gasteiger partial charge in [0.15, 0.2) is 0 Å². The molecule has 0 saturated carbocycles. The number of fused-ring (bicyclic) bond motifs is 1. The Hall–Kier alpha value is -3.52. The summed E-state index contributed by atoms with van der Waals surface area (Å²) in [6.07, 6.45) is 0.244. The molecule has 1 unspecified atom stereocenters. The molecule has 0 fully saturated rings. The second-order valence-corrected chi connectivity index (χ2v) is 10.5. The van der Waals surface area contributed by atoms with Crippen LogP contribution in [0.3, 0.4) is 0 Å². The minimum Gasteiger partial charge on any atom is -0.335 e. The Morgan fingerprint density at radius 3 is 2.50 bits per heavy atom. The SMILES string of the molecule is CCC(c1nc2onc(C)c2c(=O)n1Cc1ccccc1)N(CCC#N)S(=O)(=O)c1ccc(Cl)cc1. The molecule has 36 heavy (non-hydrogen) atoms. The molecule has 0 aliphatic carbocycles. The third-order valence-electron chi connectivity index (χ3n) is 5.88. The maximum atomic E-state index is 13.8. The molecule has 4 rings (SSSR count). The third-order valence-corrected chi connectivity index (χ3v) is 8.05. The highest BCUT2D eigenvalue weighted by atomic mass is 35.5. The van der Waals surface area contributed by atoms with Gasteiger partial charge < -0.3 is 4.52 Å². The molecule has 0 bridgehead atoms. The summed E-state index contributed by atoms with van der Waals surface area (Å²) in [7, 11) is -4.08. The van der Waals surface area contributed by atoms with E-state index in [1.54, 1.807) is 13.8 Å². The van der Waals surface area contributed by atoms with E-state index in [0.29, 0.717) is 10.7 Å². The number of nitrogens with zero attached hydrogens (tertiary/aromatic N) is 5. The van der Waals surface area contributed by atoms with E-state index in [1.807, 2.05) is 36.4 Å². The first kappa shape index (κ1) is 25.6. The number of sulfonamides is 1. The molecule has 186 valence electrons. The average molecular weight is 526 g/mol. The predicted octanol–water partition coefficient (Wildman–Crippen LogP) is 4.45. The summed E-state index contributed by atoms with van der Waals surface area (Å²) in [6, 6.07) is 16.3. The molecule has 0 saturated heterocycles. The highest BCUT2D eigenvalue weighted by Crippen LogP contribution is 2.31. The lowest BCUT2D eigenvalue weighted by molar-refractivity contribution is 0.299. The molecular formula is C25H24ClN5O4S. The topological polar surface area (TPSA) is 122 Å². The van der Waals surface area contributed by atoms with E-state index in [1.165, 1.54) is 33.1 Å². The molecular weight excluding hydrogens is 502 g/mol. The smallest absolute Gasteiger partial charge is 0.267 e. The molecule has 0 spiro atoms. The van der Waals surface area contributed by atoms with Crippen molar-refractivity contribution in [2.75, 3.05) is 6.54 Å². The fourth-order valence-electron chi connectivity index (χ4n) is 4.12. The zero-order valence-electron chi connectivity index (χ0n) is 19.8. The van der Waals surface area contributed by atoms with Crippen molar-refractivity contribution in [3.05, 3.63) is 87.1 Å². The first-order valence-electron chi connectivity index (χ1n) is 11.3. The van der Waals surface area contributed by atoms with E-state index in [4.69, 9.17) is 16.1 Å². The van der Waals surface area contributed by atoms with Gasteiger partial charge in [-0.05, 0) is 43.2 Å². The van der Waals surface area contributed by atoms with Crippen molar-refractivity contribution in [2.24, 2.45) is 0 Å². The highest BCUT2D eigenvalue weighted by molar-refractivity contribution is 7.89. The predicted molar refractivity (Wildman–Crippen MR) is 135 cm³/mol. The van der Waals surface area contributed by atoms with Crippen LogP contribution in [0.15, 0.2) is 68.8 Å². The number of aryl methyl sites for hydroxylation is 1. The maximum Gasteiger partial charge on any atom is 0.267 e. The lowest BCUT2D eigenvalue weighted by Crippen LogP contribution is -2.39. The van der Waals surface area contributed by atoms with E-state index >= 15 is 0 Å². The molecule has 0 radical (unpaired) electrons. The fourth-order valence-corrected chi connectivity index (χ4v) is 5.90.